The van der Waals surface area contributed by atoms with E-state index < -0.39 is 0 Å². The van der Waals surface area contributed by atoms with Crippen LogP contribution in [0.4, 0.5) is 5.69 Å². The fourth-order valence-electron chi connectivity index (χ4n) is 1.73. The van der Waals surface area contributed by atoms with Gasteiger partial charge in [-0.05, 0) is 47.9 Å². The molecule has 1 unspecified atom stereocenters. The number of nitrogens with one attached hydrogen (secondary N) is 2. The van der Waals surface area contributed by atoms with Gasteiger partial charge in [0.2, 0.25) is 5.91 Å². The van der Waals surface area contributed by atoms with Gasteiger partial charge in [0, 0.05) is 16.4 Å². The van der Waals surface area contributed by atoms with E-state index in [9.17, 15) is 4.79 Å². The Morgan fingerprint density at radius 1 is 1.26 bits per heavy atom. The summed E-state index contributed by atoms with van der Waals surface area (Å²) in [6.45, 7) is 6.54. The lowest BCUT2D eigenvalue weighted by Crippen LogP contribution is -2.39. The highest BCUT2D eigenvalue weighted by Gasteiger charge is 2.10. The molecule has 2 N–H and O–H groups in total. The summed E-state index contributed by atoms with van der Waals surface area (Å²) in [7, 11) is 0. The highest BCUT2D eigenvalue weighted by atomic mass is 32.1. The van der Waals surface area contributed by atoms with E-state index in [0.717, 1.165) is 5.69 Å². The fraction of sp³-hybridized carbons (Fsp3) is 0.400. The maximum atomic E-state index is 11.8. The van der Waals surface area contributed by atoms with E-state index >= 15 is 0 Å². The average Bonchev–Trinajstić information content (AvgIpc) is 2.83. The van der Waals surface area contributed by atoms with Crippen LogP contribution in [0, 0.1) is 5.92 Å². The maximum absolute atomic E-state index is 11.8. The van der Waals surface area contributed by atoms with Crippen molar-refractivity contribution < 1.29 is 4.79 Å². The van der Waals surface area contributed by atoms with Crippen molar-refractivity contribution >= 4 is 33.0 Å². The highest BCUT2D eigenvalue weighted by Crippen LogP contribution is 2.23. The van der Waals surface area contributed by atoms with E-state index in [-0.39, 0.29) is 11.9 Å². The van der Waals surface area contributed by atoms with Crippen molar-refractivity contribution in [2.24, 2.45) is 5.92 Å². The van der Waals surface area contributed by atoms with Gasteiger partial charge in [-0.25, -0.2) is 0 Å². The van der Waals surface area contributed by atoms with Gasteiger partial charge in [0.05, 0.1) is 6.54 Å². The monoisotopic (exact) mass is 276 g/mol. The molecule has 1 aromatic carbocycles. The molecular formula is C15H20N2OS. The predicted octanol–water partition coefficient (Wildman–Crippen LogP) is 3.47. The van der Waals surface area contributed by atoms with E-state index in [0.29, 0.717) is 12.5 Å². The summed E-state index contributed by atoms with van der Waals surface area (Å²) in [6.07, 6.45) is 0. The second-order valence-corrected chi connectivity index (χ2v) is 6.07. The Hall–Kier alpha value is -1.55. The molecule has 0 saturated carbocycles. The third-order valence-corrected chi connectivity index (χ3v) is 4.19. The Labute approximate surface area is 118 Å². The van der Waals surface area contributed by atoms with Gasteiger partial charge in [-0.15, -0.1) is 11.3 Å². The molecule has 2 rings (SSSR count). The molecule has 0 aliphatic carbocycles. The first-order chi connectivity index (χ1) is 9.06. The van der Waals surface area contributed by atoms with E-state index in [4.69, 9.17) is 0 Å². The Balaban J connectivity index is 1.89. The molecule has 1 atom stereocenters. The molecule has 0 radical (unpaired) electrons. The number of hydrogen-bond acceptors (Lipinski definition) is 3. The molecule has 0 bridgehead atoms. The number of rotatable bonds is 5. The lowest BCUT2D eigenvalue weighted by molar-refractivity contribution is -0.120. The fourth-order valence-corrected chi connectivity index (χ4v) is 2.50. The maximum Gasteiger partial charge on any atom is 0.239 e. The molecule has 4 heteroatoms. The number of carbonyl (C=O) groups excluding carboxylic acids is 1. The van der Waals surface area contributed by atoms with Gasteiger partial charge in [-0.1, -0.05) is 13.8 Å². The summed E-state index contributed by atoms with van der Waals surface area (Å²) in [6, 6.07) is 8.46. The minimum absolute atomic E-state index is 0.0339. The highest BCUT2D eigenvalue weighted by molar-refractivity contribution is 7.17. The number of thiophene rings is 1. The van der Waals surface area contributed by atoms with Crippen molar-refractivity contribution in [2.45, 2.75) is 26.8 Å². The second kappa shape index (κ2) is 6.06. The predicted molar refractivity (Wildman–Crippen MR) is 82.8 cm³/mol. The molecule has 3 nitrogen and oxygen atoms in total. The van der Waals surface area contributed by atoms with Gasteiger partial charge in [0.1, 0.15) is 0 Å². The first kappa shape index (κ1) is 13.9. The lowest BCUT2D eigenvalue weighted by Gasteiger charge is -2.17. The van der Waals surface area contributed by atoms with E-state index in [1.807, 2.05) is 13.0 Å². The van der Waals surface area contributed by atoms with Gasteiger partial charge in [-0.3, -0.25) is 4.79 Å². The van der Waals surface area contributed by atoms with Gasteiger partial charge >= 0.3 is 0 Å². The molecule has 0 aliphatic heterocycles. The van der Waals surface area contributed by atoms with Crippen LogP contribution in [0.5, 0.6) is 0 Å². The largest absolute Gasteiger partial charge is 0.376 e. The lowest BCUT2D eigenvalue weighted by atomic mass is 10.1. The van der Waals surface area contributed by atoms with E-state index in [1.54, 1.807) is 11.3 Å². The van der Waals surface area contributed by atoms with Gasteiger partial charge in [0.25, 0.3) is 0 Å². The zero-order valence-electron chi connectivity index (χ0n) is 11.6. The second-order valence-electron chi connectivity index (χ2n) is 5.13. The van der Waals surface area contributed by atoms with Crippen LogP contribution in [0.15, 0.2) is 29.6 Å². The van der Waals surface area contributed by atoms with Crippen molar-refractivity contribution in [2.75, 3.05) is 11.9 Å². The van der Waals surface area contributed by atoms with Gasteiger partial charge in [-0.2, -0.15) is 0 Å². The van der Waals surface area contributed by atoms with Crippen molar-refractivity contribution in [3.8, 4) is 0 Å². The van der Waals surface area contributed by atoms with Crippen LogP contribution in [-0.2, 0) is 4.79 Å². The summed E-state index contributed by atoms with van der Waals surface area (Å²) in [5.41, 5.74) is 0.984. The summed E-state index contributed by atoms with van der Waals surface area (Å²) < 4.78 is 1.27. The number of anilines is 1. The summed E-state index contributed by atoms with van der Waals surface area (Å²) in [5.74, 6) is 0.484. The smallest absolute Gasteiger partial charge is 0.239 e. The zero-order chi connectivity index (χ0) is 13.8. The number of fused-ring (bicyclic) bond motifs is 1. The van der Waals surface area contributed by atoms with Crippen LogP contribution in [0.3, 0.4) is 0 Å². The van der Waals surface area contributed by atoms with Crippen molar-refractivity contribution in [1.82, 2.24) is 5.32 Å². The minimum Gasteiger partial charge on any atom is -0.376 e. The quantitative estimate of drug-likeness (QED) is 0.878. The minimum atomic E-state index is 0.0339. The third-order valence-electron chi connectivity index (χ3n) is 3.29. The molecule has 2 aromatic rings. The molecule has 1 amide bonds. The molecule has 0 saturated heterocycles. The van der Waals surface area contributed by atoms with Crippen LogP contribution in [0.1, 0.15) is 20.8 Å². The van der Waals surface area contributed by atoms with Crippen molar-refractivity contribution in [3.05, 3.63) is 29.6 Å². The van der Waals surface area contributed by atoms with E-state index in [2.05, 4.69) is 48.1 Å². The summed E-state index contributed by atoms with van der Waals surface area (Å²) in [4.78, 5) is 11.8. The third kappa shape index (κ3) is 3.70. The Kier molecular flexibility index (Phi) is 4.43. The molecule has 0 aliphatic rings. The van der Waals surface area contributed by atoms with Crippen LogP contribution >= 0.6 is 11.3 Å². The number of amides is 1. The van der Waals surface area contributed by atoms with Crippen LogP contribution in [0.2, 0.25) is 0 Å². The summed E-state index contributed by atoms with van der Waals surface area (Å²) >= 11 is 1.72. The molecular weight excluding hydrogens is 256 g/mol. The van der Waals surface area contributed by atoms with Crippen LogP contribution in [0.25, 0.3) is 10.1 Å². The normalized spacial score (nSPS) is 12.6. The Morgan fingerprint density at radius 2 is 2.05 bits per heavy atom. The molecule has 1 aromatic heterocycles. The van der Waals surface area contributed by atoms with Gasteiger partial charge in [0.15, 0.2) is 0 Å². The topological polar surface area (TPSA) is 41.1 Å². The van der Waals surface area contributed by atoms with Crippen LogP contribution in [-0.4, -0.2) is 18.5 Å². The molecule has 0 fully saturated rings. The first-order valence-corrected chi connectivity index (χ1v) is 7.44. The van der Waals surface area contributed by atoms with E-state index in [1.165, 1.54) is 10.1 Å². The molecule has 19 heavy (non-hydrogen) atoms. The van der Waals surface area contributed by atoms with Gasteiger partial charge < -0.3 is 10.6 Å². The number of carbonyl (C=O) groups is 1. The average molecular weight is 276 g/mol. The summed E-state index contributed by atoms with van der Waals surface area (Å²) in [5, 5.41) is 9.43. The number of benzene rings is 1. The molecule has 1 heterocycles. The molecule has 102 valence electrons. The Bertz CT molecular complexity index is 562. The SMILES string of the molecule is CC(C)C(C)NC(=O)CNc1ccc2sccc2c1. The van der Waals surface area contributed by atoms with Crippen molar-refractivity contribution in [3.63, 3.8) is 0 Å². The zero-order valence-corrected chi connectivity index (χ0v) is 12.4. The standard InChI is InChI=1S/C15H20N2OS/c1-10(2)11(3)17-15(18)9-16-13-4-5-14-12(8-13)6-7-19-14/h4-8,10-11,16H,9H2,1-3H3,(H,17,18). The molecule has 0 spiro atoms. The number of hydrogen-bond donors (Lipinski definition) is 2. The first-order valence-electron chi connectivity index (χ1n) is 6.57. The Morgan fingerprint density at radius 3 is 2.79 bits per heavy atom. The van der Waals surface area contributed by atoms with Crippen molar-refractivity contribution in [1.29, 1.82) is 0 Å². The van der Waals surface area contributed by atoms with Crippen LogP contribution < -0.4 is 10.6 Å².